The van der Waals surface area contributed by atoms with E-state index >= 15 is 0 Å². The number of aromatic nitrogens is 6. The number of ketones is 1. The van der Waals surface area contributed by atoms with Crippen molar-refractivity contribution in [3.63, 3.8) is 0 Å². The lowest BCUT2D eigenvalue weighted by atomic mass is 10.0. The van der Waals surface area contributed by atoms with Crippen LogP contribution < -0.4 is 36.6 Å². The monoisotopic (exact) mass is 1130 g/mol. The van der Waals surface area contributed by atoms with E-state index in [0.29, 0.717) is 72.9 Å². The van der Waals surface area contributed by atoms with Gasteiger partial charge < -0.3 is 26.8 Å². The number of Topliss-reactive ketones (excluding diaryl/α,β-unsaturated/α-hetero) is 1. The largest absolute Gasteiger partial charge is 0.463 e. The Kier molecular flexibility index (Phi) is 20.4. The summed E-state index contributed by atoms with van der Waals surface area (Å²) in [5.74, 6) is 1.28. The number of anilines is 6. The Morgan fingerprint density at radius 2 is 1.01 bits per heavy atom. The lowest BCUT2D eigenvalue weighted by molar-refractivity contribution is -0.118. The summed E-state index contributed by atoms with van der Waals surface area (Å²) in [4.78, 5) is 69.4. The van der Waals surface area contributed by atoms with Crippen molar-refractivity contribution >= 4 is 72.2 Å². The van der Waals surface area contributed by atoms with Crippen LogP contribution in [0, 0.1) is 13.8 Å². The number of aryl methyl sites for hydroxylation is 2. The number of nitrogen functional groups attached to an aromatic ring is 3. The first kappa shape index (κ1) is 61.6. The van der Waals surface area contributed by atoms with Gasteiger partial charge in [-0.1, -0.05) is 126 Å². The van der Waals surface area contributed by atoms with Gasteiger partial charge in [-0.15, -0.1) is 0 Å². The van der Waals surface area contributed by atoms with E-state index in [1.165, 1.54) is 55.1 Å². The first-order valence-corrected chi connectivity index (χ1v) is 29.4. The maximum absolute atomic E-state index is 12.4. The van der Waals surface area contributed by atoms with Crippen LogP contribution in [0.4, 0.5) is 34.9 Å². The van der Waals surface area contributed by atoms with Crippen LogP contribution in [0.25, 0.3) is 0 Å². The minimum absolute atomic E-state index is 0. The second kappa shape index (κ2) is 26.6. The van der Waals surface area contributed by atoms with Crippen LogP contribution in [0.1, 0.15) is 111 Å². The summed E-state index contributed by atoms with van der Waals surface area (Å²) >= 11 is 0. The maximum Gasteiger partial charge on any atom is 0.320 e. The summed E-state index contributed by atoms with van der Waals surface area (Å²) in [5.41, 5.74) is 26.2. The van der Waals surface area contributed by atoms with Crippen molar-refractivity contribution in [2.45, 2.75) is 131 Å². The van der Waals surface area contributed by atoms with E-state index in [1.54, 1.807) is 0 Å². The molecule has 0 spiro atoms. The van der Waals surface area contributed by atoms with Crippen molar-refractivity contribution in [1.29, 1.82) is 0 Å². The highest BCUT2D eigenvalue weighted by Gasteiger charge is 2.36. The molecule has 3 aromatic carbocycles. The van der Waals surface area contributed by atoms with E-state index in [1.807, 2.05) is 67.3 Å². The van der Waals surface area contributed by atoms with E-state index in [-0.39, 0.29) is 85.2 Å². The average Bonchev–Trinajstić information content (AvgIpc) is 4.29. The Morgan fingerprint density at radius 1 is 0.550 bits per heavy atom. The maximum atomic E-state index is 12.4. The molecular weight excluding hydrogens is 1060 g/mol. The van der Waals surface area contributed by atoms with Crippen LogP contribution in [0.2, 0.25) is 0 Å². The topological polar surface area (TPSA) is 297 Å². The summed E-state index contributed by atoms with van der Waals surface area (Å²) in [6, 6.07) is 24.4. The summed E-state index contributed by atoms with van der Waals surface area (Å²) in [6.45, 7) is 14.6. The molecule has 1 saturated heterocycles. The second-order valence-electron chi connectivity index (χ2n) is 19.7. The standard InChI is InChI=1S/C23H31N5O2.2C16H18N4O3S.2CH4/c1-2-3-11-30-23-25-21(24)20-13-19(29)16-28(22(20)26-23)15-18-8-6-7-17(12-18)14-27-9-4-5-10-27;2*1-3-24(22,23)16-18-14(17)12-8-13(21)20(15(12)19-16)9-11-6-4-10(2)5-7-11;;/h6-8,12H,2-5,9-11,13-16H2,1H3,(H2,24,25,26);2*4-7H,3,8-9H2,1-2H3,(H2,17,18,19);2*1H4. The molecule has 21 nitrogen and oxygen atoms in total. The molecule has 4 aliphatic heterocycles. The van der Waals surface area contributed by atoms with E-state index in [4.69, 9.17) is 21.9 Å². The van der Waals surface area contributed by atoms with Gasteiger partial charge in [-0.05, 0) is 68.5 Å². The molecule has 10 rings (SSSR count). The zero-order valence-electron chi connectivity index (χ0n) is 44.7. The first-order valence-electron chi connectivity index (χ1n) is 26.1. The molecule has 0 aliphatic carbocycles. The SMILES string of the molecule is C.C.CCCCOc1nc(N)c2c(n1)N(Cc1cccc(CN3CCCC3)c1)CC(=O)C2.CCS(=O)(=O)c1nc(N)c2c(n1)N(Cc1ccc(C)cc1)C(=O)C2.CCS(=O)(=O)c1nc(N)c2c(n1)N(Cc1ccc(C)cc1)C(=O)C2. The number of amides is 2. The van der Waals surface area contributed by atoms with E-state index in [0.717, 1.165) is 53.0 Å². The molecule has 428 valence electrons. The van der Waals surface area contributed by atoms with E-state index < -0.39 is 19.7 Å². The first-order chi connectivity index (χ1) is 37.2. The highest BCUT2D eigenvalue weighted by atomic mass is 32.2. The van der Waals surface area contributed by atoms with Gasteiger partial charge >= 0.3 is 6.01 Å². The molecule has 6 aromatic rings. The highest BCUT2D eigenvalue weighted by molar-refractivity contribution is 7.91. The smallest absolute Gasteiger partial charge is 0.320 e. The number of benzene rings is 3. The number of carbonyl (C=O) groups excluding carboxylic acids is 3. The number of likely N-dealkylation sites (tertiary alicyclic amines) is 1. The molecule has 0 atom stereocenters. The van der Waals surface area contributed by atoms with Gasteiger partial charge in [0.25, 0.3) is 10.3 Å². The van der Waals surface area contributed by atoms with Gasteiger partial charge in [0.05, 0.1) is 50.6 Å². The lowest BCUT2D eigenvalue weighted by Gasteiger charge is -2.30. The number of fused-ring (bicyclic) bond motifs is 3. The van der Waals surface area contributed by atoms with Crippen LogP contribution in [0.3, 0.4) is 0 Å². The number of ether oxygens (including phenoxy) is 1. The third kappa shape index (κ3) is 14.6. The van der Waals surface area contributed by atoms with Gasteiger partial charge in [0.2, 0.25) is 31.5 Å². The van der Waals surface area contributed by atoms with Gasteiger partial charge in [-0.3, -0.25) is 29.1 Å². The fourth-order valence-electron chi connectivity index (χ4n) is 9.26. The van der Waals surface area contributed by atoms with Crippen molar-refractivity contribution < 1.29 is 36.0 Å². The predicted molar refractivity (Wildman–Crippen MR) is 312 cm³/mol. The van der Waals surface area contributed by atoms with Crippen LogP contribution in [-0.2, 0) is 79.5 Å². The molecule has 0 unspecified atom stereocenters. The third-order valence-corrected chi connectivity index (χ3v) is 16.7. The van der Waals surface area contributed by atoms with Crippen molar-refractivity contribution in [2.75, 3.05) is 69.6 Å². The Hall–Kier alpha value is -7.63. The van der Waals surface area contributed by atoms with E-state index in [9.17, 15) is 31.2 Å². The fraction of sp³-hybridized carbons (Fsp3) is 0.421. The summed E-state index contributed by atoms with van der Waals surface area (Å²) < 4.78 is 53.9. The van der Waals surface area contributed by atoms with Gasteiger partial charge in [-0.25, -0.2) is 36.8 Å². The molecule has 80 heavy (non-hydrogen) atoms. The molecule has 0 bridgehead atoms. The van der Waals surface area contributed by atoms with Gasteiger partial charge in [0, 0.05) is 36.2 Å². The molecule has 4 aliphatic rings. The molecule has 1 fully saturated rings. The number of hydrogen-bond acceptors (Lipinski definition) is 19. The molecule has 2 amide bonds. The summed E-state index contributed by atoms with van der Waals surface area (Å²) in [6.07, 6.45) is 4.99. The number of nitrogens with two attached hydrogens (primary N) is 3. The molecule has 23 heteroatoms. The Bertz CT molecular complexity index is 3280. The molecule has 3 aromatic heterocycles. The average molecular weight is 1130 g/mol. The van der Waals surface area contributed by atoms with Gasteiger partial charge in [-0.2, -0.15) is 9.97 Å². The number of carbonyl (C=O) groups is 3. The van der Waals surface area contributed by atoms with Crippen molar-refractivity contribution in [3.05, 3.63) is 123 Å². The molecular formula is C57H75N13O8S2. The fourth-order valence-corrected chi connectivity index (χ4v) is 10.7. The zero-order chi connectivity index (χ0) is 55.9. The summed E-state index contributed by atoms with van der Waals surface area (Å²) in [5, 5.41) is -0.658. The Balaban J connectivity index is 0.000000193. The zero-order valence-corrected chi connectivity index (χ0v) is 46.4. The van der Waals surface area contributed by atoms with Gasteiger partial charge in [0.15, 0.2) is 5.78 Å². The minimum Gasteiger partial charge on any atom is -0.463 e. The summed E-state index contributed by atoms with van der Waals surface area (Å²) in [7, 11) is -7.20. The highest BCUT2D eigenvalue weighted by Crippen LogP contribution is 2.35. The second-order valence-corrected chi connectivity index (χ2v) is 24.1. The van der Waals surface area contributed by atoms with Crippen LogP contribution in [0.5, 0.6) is 6.01 Å². The third-order valence-electron chi connectivity index (χ3n) is 13.7. The number of unbranched alkanes of at least 4 members (excludes halogenated alkanes) is 1. The molecule has 0 saturated carbocycles. The Morgan fingerprint density at radius 3 is 1.49 bits per heavy atom. The lowest BCUT2D eigenvalue weighted by Crippen LogP contribution is -2.36. The van der Waals surface area contributed by atoms with Gasteiger partial charge in [0.1, 0.15) is 34.9 Å². The van der Waals surface area contributed by atoms with E-state index in [2.05, 4.69) is 66.0 Å². The molecule has 0 radical (unpaired) electrons. The Labute approximate surface area is 470 Å². The van der Waals surface area contributed by atoms with Crippen LogP contribution >= 0.6 is 0 Å². The van der Waals surface area contributed by atoms with Crippen molar-refractivity contribution in [1.82, 2.24) is 34.8 Å². The van der Waals surface area contributed by atoms with Crippen molar-refractivity contribution in [2.24, 2.45) is 0 Å². The van der Waals surface area contributed by atoms with Crippen molar-refractivity contribution in [3.8, 4) is 6.01 Å². The number of rotatable bonds is 16. The molecule has 7 heterocycles. The number of hydrogen-bond donors (Lipinski definition) is 3. The van der Waals surface area contributed by atoms with Crippen LogP contribution in [0.15, 0.2) is 83.1 Å². The molecule has 6 N–H and O–H groups in total. The quantitative estimate of drug-likeness (QED) is 0.0668. The number of sulfone groups is 2. The minimum atomic E-state index is -3.60. The van der Waals surface area contributed by atoms with Crippen LogP contribution in [-0.4, -0.2) is 107 Å². The number of nitrogens with zero attached hydrogens (tertiary/aromatic N) is 10. The predicted octanol–water partition coefficient (Wildman–Crippen LogP) is 6.74. The normalized spacial score (nSPS) is 14.7.